The fourth-order valence-electron chi connectivity index (χ4n) is 0.460. The van der Waals surface area contributed by atoms with Crippen molar-refractivity contribution >= 4 is 12.6 Å². The van der Waals surface area contributed by atoms with Crippen molar-refractivity contribution in [3.63, 3.8) is 0 Å². The van der Waals surface area contributed by atoms with Crippen LogP contribution in [0.15, 0.2) is 15.9 Å². The maximum absolute atomic E-state index is 9.67. The number of amides is 1. The minimum Gasteiger partial charge on any atom is -0.343 e. The molecular weight excluding hydrogens is 134 g/mol. The monoisotopic (exact) mass is 139 g/mol. The summed E-state index contributed by atoms with van der Waals surface area (Å²) in [6.07, 6.45) is 3.53. The second-order valence-electron chi connectivity index (χ2n) is 1.49. The van der Waals surface area contributed by atoms with Crippen LogP contribution in [0.25, 0.3) is 0 Å². The van der Waals surface area contributed by atoms with Gasteiger partial charge in [0.1, 0.15) is 0 Å². The summed E-state index contributed by atoms with van der Waals surface area (Å²) >= 11 is 0. The molecule has 52 valence electrons. The van der Waals surface area contributed by atoms with Crippen molar-refractivity contribution in [2.75, 3.05) is 0 Å². The fourth-order valence-corrected chi connectivity index (χ4v) is 0.460. The number of rotatable bonds is 3. The zero-order chi connectivity index (χ0) is 7.23. The second kappa shape index (κ2) is 3.49. The van der Waals surface area contributed by atoms with Gasteiger partial charge in [-0.2, -0.15) is 4.98 Å². The van der Waals surface area contributed by atoms with Crippen LogP contribution in [-0.4, -0.2) is 22.8 Å². The van der Waals surface area contributed by atoms with Gasteiger partial charge in [-0.25, -0.2) is 4.99 Å². The molecule has 0 aliphatic heterocycles. The van der Waals surface area contributed by atoms with Crippen LogP contribution in [0.2, 0.25) is 0 Å². The maximum Gasteiger partial charge on any atom is 0.232 e. The lowest BCUT2D eigenvalue weighted by atomic mass is 10.4. The van der Waals surface area contributed by atoms with E-state index in [-0.39, 0.29) is 0 Å². The number of carbonyl (C=O) groups excluding carboxylic acids is 1. The van der Waals surface area contributed by atoms with Gasteiger partial charge in [0, 0.05) is 12.6 Å². The first-order valence-electron chi connectivity index (χ1n) is 2.64. The van der Waals surface area contributed by atoms with E-state index in [4.69, 9.17) is 0 Å². The van der Waals surface area contributed by atoms with Gasteiger partial charge in [-0.05, 0) is 0 Å². The van der Waals surface area contributed by atoms with Crippen molar-refractivity contribution in [2.24, 2.45) is 4.99 Å². The standard InChI is InChI=1S/C5H5N3O2/c9-3-6-2-1-5-7-4-10-8-5/h2-4H,1H2. The highest BCUT2D eigenvalue weighted by Gasteiger charge is 1.92. The molecule has 0 aliphatic carbocycles. The third-order valence-corrected chi connectivity index (χ3v) is 0.847. The predicted molar refractivity (Wildman–Crippen MR) is 32.6 cm³/mol. The molecule has 0 N–H and O–H groups in total. The molecule has 0 saturated carbocycles. The van der Waals surface area contributed by atoms with E-state index >= 15 is 0 Å². The lowest BCUT2D eigenvalue weighted by Gasteiger charge is -1.77. The van der Waals surface area contributed by atoms with Gasteiger partial charge in [0.15, 0.2) is 5.82 Å². The average Bonchev–Trinajstić information content (AvgIpc) is 2.41. The summed E-state index contributed by atoms with van der Waals surface area (Å²) in [4.78, 5) is 16.7. The van der Waals surface area contributed by atoms with Crippen LogP contribution in [0.5, 0.6) is 0 Å². The molecule has 10 heavy (non-hydrogen) atoms. The highest BCUT2D eigenvalue weighted by molar-refractivity contribution is 5.70. The van der Waals surface area contributed by atoms with Gasteiger partial charge >= 0.3 is 0 Å². The van der Waals surface area contributed by atoms with Crippen molar-refractivity contribution in [1.82, 2.24) is 10.1 Å². The molecule has 0 spiro atoms. The van der Waals surface area contributed by atoms with E-state index in [9.17, 15) is 4.79 Å². The number of hydrogen-bond donors (Lipinski definition) is 0. The van der Waals surface area contributed by atoms with E-state index in [1.807, 2.05) is 0 Å². The SMILES string of the molecule is O=CN=CCc1ncon1. The Morgan fingerprint density at radius 2 is 2.70 bits per heavy atom. The zero-order valence-electron chi connectivity index (χ0n) is 5.10. The summed E-state index contributed by atoms with van der Waals surface area (Å²) in [5.41, 5.74) is 0. The van der Waals surface area contributed by atoms with E-state index < -0.39 is 0 Å². The third kappa shape index (κ3) is 1.77. The number of aliphatic imine (C=N–C) groups is 1. The van der Waals surface area contributed by atoms with Crippen molar-refractivity contribution in [2.45, 2.75) is 6.42 Å². The van der Waals surface area contributed by atoms with Gasteiger partial charge in [0.25, 0.3) is 0 Å². The highest BCUT2D eigenvalue weighted by Crippen LogP contribution is 1.85. The number of aromatic nitrogens is 2. The molecule has 0 aliphatic rings. The van der Waals surface area contributed by atoms with Crippen molar-refractivity contribution in [1.29, 1.82) is 0 Å². The molecule has 0 aromatic carbocycles. The number of nitrogens with zero attached hydrogens (tertiary/aromatic N) is 3. The second-order valence-corrected chi connectivity index (χ2v) is 1.49. The molecular formula is C5H5N3O2. The van der Waals surface area contributed by atoms with Crippen molar-refractivity contribution in [3.8, 4) is 0 Å². The van der Waals surface area contributed by atoms with Gasteiger partial charge in [-0.15, -0.1) is 0 Å². The fraction of sp³-hybridized carbons (Fsp3) is 0.200. The van der Waals surface area contributed by atoms with Gasteiger partial charge in [-0.1, -0.05) is 5.16 Å². The predicted octanol–water partition coefficient (Wildman–Crippen LogP) is -0.161. The van der Waals surface area contributed by atoms with Crippen LogP contribution in [0.3, 0.4) is 0 Å². The van der Waals surface area contributed by atoms with E-state index in [2.05, 4.69) is 19.7 Å². The topological polar surface area (TPSA) is 68.3 Å². The molecule has 5 heteroatoms. The van der Waals surface area contributed by atoms with Gasteiger partial charge in [0.05, 0.1) is 0 Å². The Labute approximate surface area is 56.8 Å². The Hall–Kier alpha value is -1.52. The number of hydrogen-bond acceptors (Lipinski definition) is 4. The Morgan fingerprint density at radius 3 is 3.30 bits per heavy atom. The van der Waals surface area contributed by atoms with Gasteiger partial charge in [-0.3, -0.25) is 4.79 Å². The smallest absolute Gasteiger partial charge is 0.232 e. The number of carbonyl (C=O) groups is 1. The summed E-state index contributed by atoms with van der Waals surface area (Å²) in [6.45, 7) is 0. The molecule has 1 amide bonds. The third-order valence-electron chi connectivity index (χ3n) is 0.847. The molecule has 0 unspecified atom stereocenters. The summed E-state index contributed by atoms with van der Waals surface area (Å²) < 4.78 is 4.43. The highest BCUT2D eigenvalue weighted by atomic mass is 16.5. The van der Waals surface area contributed by atoms with Crippen LogP contribution in [0.4, 0.5) is 0 Å². The Balaban J connectivity index is 2.41. The molecule has 5 nitrogen and oxygen atoms in total. The lowest BCUT2D eigenvalue weighted by Crippen LogP contribution is -1.88. The maximum atomic E-state index is 9.67. The molecule has 0 atom stereocenters. The minimum atomic E-state index is 0.426. The lowest BCUT2D eigenvalue weighted by molar-refractivity contribution is -0.106. The summed E-state index contributed by atoms with van der Waals surface area (Å²) in [5.74, 6) is 0.519. The molecule has 1 aromatic rings. The molecule has 0 fully saturated rings. The summed E-state index contributed by atoms with van der Waals surface area (Å²) in [5, 5.41) is 3.49. The van der Waals surface area contributed by atoms with Crippen molar-refractivity contribution in [3.05, 3.63) is 12.2 Å². The minimum absolute atomic E-state index is 0.426. The van der Waals surface area contributed by atoms with Crippen LogP contribution >= 0.6 is 0 Å². The Bertz CT molecular complexity index is 217. The normalized spacial score (nSPS) is 10.4. The largest absolute Gasteiger partial charge is 0.343 e. The molecule has 1 heterocycles. The van der Waals surface area contributed by atoms with E-state index in [1.54, 1.807) is 0 Å². The first-order chi connectivity index (χ1) is 4.93. The van der Waals surface area contributed by atoms with Crippen LogP contribution in [0, 0.1) is 0 Å². The molecule has 0 bridgehead atoms. The van der Waals surface area contributed by atoms with Gasteiger partial charge in [0.2, 0.25) is 12.8 Å². The Kier molecular flexibility index (Phi) is 2.31. The summed E-state index contributed by atoms with van der Waals surface area (Å²) in [7, 11) is 0. The van der Waals surface area contributed by atoms with Crippen molar-refractivity contribution < 1.29 is 9.32 Å². The van der Waals surface area contributed by atoms with E-state index in [1.165, 1.54) is 12.6 Å². The molecule has 0 saturated heterocycles. The quantitative estimate of drug-likeness (QED) is 0.431. The molecule has 1 aromatic heterocycles. The molecule has 0 radical (unpaired) electrons. The van der Waals surface area contributed by atoms with E-state index in [0.29, 0.717) is 18.7 Å². The molecule has 1 rings (SSSR count). The van der Waals surface area contributed by atoms with E-state index in [0.717, 1.165) is 0 Å². The van der Waals surface area contributed by atoms with Crippen LogP contribution < -0.4 is 0 Å². The van der Waals surface area contributed by atoms with Crippen LogP contribution in [0.1, 0.15) is 5.82 Å². The van der Waals surface area contributed by atoms with Crippen LogP contribution in [-0.2, 0) is 11.2 Å². The first-order valence-corrected chi connectivity index (χ1v) is 2.64. The first kappa shape index (κ1) is 6.60. The average molecular weight is 139 g/mol. The summed E-state index contributed by atoms with van der Waals surface area (Å²) in [6, 6.07) is 0. The Morgan fingerprint density at radius 1 is 1.80 bits per heavy atom. The zero-order valence-corrected chi connectivity index (χ0v) is 5.10. The van der Waals surface area contributed by atoms with Gasteiger partial charge < -0.3 is 4.52 Å².